The van der Waals surface area contributed by atoms with Gasteiger partial charge >= 0.3 is 0 Å². The van der Waals surface area contributed by atoms with Crippen molar-refractivity contribution in [1.29, 1.82) is 0 Å². The Morgan fingerprint density at radius 1 is 0.200 bits per heavy atom. The summed E-state index contributed by atoms with van der Waals surface area (Å²) >= 11 is 0. The first-order chi connectivity index (χ1) is 44.7. The minimum atomic E-state index is -0.758. The molecular formula is C88H60N2. The van der Waals surface area contributed by atoms with Crippen LogP contribution in [0.1, 0.15) is 44.5 Å². The largest absolute Gasteiger partial charge is 0.310 e. The summed E-state index contributed by atoms with van der Waals surface area (Å²) in [6, 6.07) is 136. The molecule has 0 N–H and O–H groups in total. The molecule has 0 saturated heterocycles. The van der Waals surface area contributed by atoms with Crippen LogP contribution in [0, 0.1) is 0 Å². The second kappa shape index (κ2) is 21.7. The fraction of sp³-hybridized carbons (Fsp3) is 0.0227. The third-order valence-corrected chi connectivity index (χ3v) is 19.2. The highest BCUT2D eigenvalue weighted by Gasteiger charge is 2.50. The van der Waals surface area contributed by atoms with E-state index in [1.54, 1.807) is 0 Å². The van der Waals surface area contributed by atoms with Crippen LogP contribution in [-0.2, 0) is 10.8 Å². The summed E-state index contributed by atoms with van der Waals surface area (Å²) < 4.78 is 0. The number of benzene rings is 15. The lowest BCUT2D eigenvalue weighted by Crippen LogP contribution is -2.38. The summed E-state index contributed by atoms with van der Waals surface area (Å²) in [5.41, 5.74) is 24.3. The molecule has 0 spiro atoms. The first kappa shape index (κ1) is 52.7. The van der Waals surface area contributed by atoms with Crippen LogP contribution in [0.3, 0.4) is 0 Å². The molecule has 0 atom stereocenters. The summed E-state index contributed by atoms with van der Waals surface area (Å²) in [6.45, 7) is 0. The van der Waals surface area contributed by atoms with Gasteiger partial charge in [0.25, 0.3) is 0 Å². The van der Waals surface area contributed by atoms with E-state index < -0.39 is 10.8 Å². The Kier molecular flexibility index (Phi) is 12.7. The molecule has 422 valence electrons. The number of hydrogen-bond acceptors (Lipinski definition) is 2. The average molecular weight is 1150 g/mol. The maximum Gasteiger partial charge on any atom is 0.0748 e. The van der Waals surface area contributed by atoms with E-state index in [-0.39, 0.29) is 0 Å². The van der Waals surface area contributed by atoms with Crippen molar-refractivity contribution in [2.75, 3.05) is 9.80 Å². The van der Waals surface area contributed by atoms with Gasteiger partial charge in [-0.15, -0.1) is 0 Å². The molecule has 15 aromatic rings. The molecule has 0 aromatic heterocycles. The van der Waals surface area contributed by atoms with Crippen molar-refractivity contribution < 1.29 is 0 Å². The van der Waals surface area contributed by atoms with Crippen LogP contribution in [-0.4, -0.2) is 0 Å². The van der Waals surface area contributed by atoms with Gasteiger partial charge in [0.05, 0.1) is 33.6 Å². The SMILES string of the molecule is c1ccc(-c2ccccc2-c2c3cccc(-c4cccc5c4C(c4ccccc4)(c4ccccc4)c4ccccc4N5c4ccccc4)c3cc3c(-c4cccc5c4C(c4ccccc4)(c4ccccc4)c4ccccc4N5c4ccccc4)cccc23)cc1. The van der Waals surface area contributed by atoms with E-state index in [1.807, 2.05) is 0 Å². The van der Waals surface area contributed by atoms with Gasteiger partial charge in [-0.25, -0.2) is 0 Å². The zero-order valence-corrected chi connectivity index (χ0v) is 49.5. The van der Waals surface area contributed by atoms with Crippen molar-refractivity contribution in [1.82, 2.24) is 0 Å². The maximum absolute atomic E-state index is 2.56. The van der Waals surface area contributed by atoms with Gasteiger partial charge in [0, 0.05) is 22.5 Å². The van der Waals surface area contributed by atoms with Crippen molar-refractivity contribution in [3.8, 4) is 44.5 Å². The minimum Gasteiger partial charge on any atom is -0.310 e. The Hall–Kier alpha value is -11.6. The lowest BCUT2D eigenvalue weighted by atomic mass is 9.60. The quantitative estimate of drug-likeness (QED) is 0.126. The van der Waals surface area contributed by atoms with Crippen molar-refractivity contribution in [3.05, 3.63) is 408 Å². The Balaban J connectivity index is 1.04. The first-order valence-corrected chi connectivity index (χ1v) is 31.3. The molecule has 0 bridgehead atoms. The number of rotatable bonds is 10. The lowest BCUT2D eigenvalue weighted by Gasteiger charge is -2.47. The summed E-state index contributed by atoms with van der Waals surface area (Å²) in [7, 11) is 0. The van der Waals surface area contributed by atoms with Gasteiger partial charge in [-0.1, -0.05) is 309 Å². The molecule has 0 saturated carbocycles. The van der Waals surface area contributed by atoms with Gasteiger partial charge < -0.3 is 9.80 Å². The summed E-state index contributed by atoms with van der Waals surface area (Å²) in [4.78, 5) is 5.00. The second-order valence-electron chi connectivity index (χ2n) is 23.7. The Bertz CT molecular complexity index is 4800. The van der Waals surface area contributed by atoms with Crippen molar-refractivity contribution >= 4 is 55.7 Å². The van der Waals surface area contributed by atoms with Crippen LogP contribution in [0.2, 0.25) is 0 Å². The number of hydrogen-bond donors (Lipinski definition) is 0. The molecule has 0 unspecified atom stereocenters. The molecule has 17 rings (SSSR count). The molecule has 0 radical (unpaired) electrons. The van der Waals surface area contributed by atoms with E-state index in [2.05, 4.69) is 374 Å². The standard InChI is InChI=1S/C88H60N2/c1-8-32-61(33-9-1)68-46-22-23-47-71(68)84-72-50-28-48-69(74-52-30-58-82-85(74)87(62-34-10-2-11-35-62,63-36-12-3-13-37-63)78-54-24-26-56-80(78)89(82)66-42-18-6-19-43-66)76(72)60-77-70(49-29-51-73(77)84)75-53-31-59-83-86(75)88(64-38-14-4-15-39-64,65-40-16-5-17-41-65)79-55-25-27-57-81(79)90(83)67-44-20-7-21-45-67/h1-60H. The molecule has 0 aliphatic carbocycles. The molecule has 0 fully saturated rings. The van der Waals surface area contributed by atoms with E-state index in [4.69, 9.17) is 0 Å². The fourth-order valence-electron chi connectivity index (χ4n) is 15.7. The summed E-state index contributed by atoms with van der Waals surface area (Å²) in [5, 5.41) is 4.70. The van der Waals surface area contributed by atoms with Crippen LogP contribution in [0.4, 0.5) is 34.1 Å². The van der Waals surface area contributed by atoms with Crippen LogP contribution in [0.25, 0.3) is 66.1 Å². The fourth-order valence-corrected chi connectivity index (χ4v) is 15.7. The predicted molar refractivity (Wildman–Crippen MR) is 376 cm³/mol. The highest BCUT2D eigenvalue weighted by atomic mass is 15.2. The summed E-state index contributed by atoms with van der Waals surface area (Å²) in [5.74, 6) is 0. The van der Waals surface area contributed by atoms with E-state index in [9.17, 15) is 0 Å². The van der Waals surface area contributed by atoms with Crippen molar-refractivity contribution in [3.63, 3.8) is 0 Å². The van der Waals surface area contributed by atoms with E-state index in [0.29, 0.717) is 0 Å². The average Bonchev–Trinajstić information content (AvgIpc) is 0.700. The maximum atomic E-state index is 2.56. The van der Waals surface area contributed by atoms with Crippen molar-refractivity contribution in [2.24, 2.45) is 0 Å². The van der Waals surface area contributed by atoms with Gasteiger partial charge in [-0.3, -0.25) is 0 Å². The van der Waals surface area contributed by atoms with Gasteiger partial charge in [-0.2, -0.15) is 0 Å². The van der Waals surface area contributed by atoms with Crippen LogP contribution < -0.4 is 9.80 Å². The molecule has 2 heterocycles. The molecule has 2 nitrogen and oxygen atoms in total. The zero-order chi connectivity index (χ0) is 59.6. The number of nitrogens with zero attached hydrogens (tertiary/aromatic N) is 2. The molecule has 15 aromatic carbocycles. The number of anilines is 6. The van der Waals surface area contributed by atoms with Gasteiger partial charge in [0.1, 0.15) is 0 Å². The minimum absolute atomic E-state index is 0.758. The van der Waals surface area contributed by atoms with Gasteiger partial charge in [-0.05, 0) is 154 Å². The van der Waals surface area contributed by atoms with E-state index in [1.165, 1.54) is 99.4 Å². The number of fused-ring (bicyclic) bond motifs is 6. The van der Waals surface area contributed by atoms with Crippen LogP contribution in [0.15, 0.2) is 364 Å². The topological polar surface area (TPSA) is 6.48 Å². The molecule has 90 heavy (non-hydrogen) atoms. The molecular weight excluding hydrogens is 1080 g/mol. The monoisotopic (exact) mass is 1140 g/mol. The second-order valence-corrected chi connectivity index (χ2v) is 23.7. The molecule has 0 amide bonds. The third-order valence-electron chi connectivity index (χ3n) is 19.2. The normalized spacial score (nSPS) is 13.5. The predicted octanol–water partition coefficient (Wildman–Crippen LogP) is 23.0. The highest BCUT2D eigenvalue weighted by Crippen LogP contribution is 2.63. The van der Waals surface area contributed by atoms with E-state index >= 15 is 0 Å². The molecule has 2 aliphatic heterocycles. The zero-order valence-electron chi connectivity index (χ0n) is 49.5. The van der Waals surface area contributed by atoms with Gasteiger partial charge in [0.2, 0.25) is 0 Å². The first-order valence-electron chi connectivity index (χ1n) is 31.3. The number of para-hydroxylation sites is 4. The van der Waals surface area contributed by atoms with E-state index in [0.717, 1.165) is 45.3 Å². The van der Waals surface area contributed by atoms with Crippen LogP contribution >= 0.6 is 0 Å². The summed E-state index contributed by atoms with van der Waals surface area (Å²) in [6.07, 6.45) is 0. The highest BCUT2D eigenvalue weighted by molar-refractivity contribution is 6.21. The smallest absolute Gasteiger partial charge is 0.0748 e. The molecule has 2 aliphatic rings. The van der Waals surface area contributed by atoms with Gasteiger partial charge in [0.15, 0.2) is 0 Å². The van der Waals surface area contributed by atoms with Crippen LogP contribution in [0.5, 0.6) is 0 Å². The Labute approximate surface area is 526 Å². The van der Waals surface area contributed by atoms with Crippen molar-refractivity contribution in [2.45, 2.75) is 10.8 Å². The lowest BCUT2D eigenvalue weighted by molar-refractivity contribution is 0.733. The Morgan fingerprint density at radius 3 is 0.911 bits per heavy atom. The molecule has 2 heteroatoms. The Morgan fingerprint density at radius 2 is 0.500 bits per heavy atom. The third kappa shape index (κ3) is 7.98.